The standard InChI is InChI=1S/C17H15ClN2O2/c18-14-9-11(5-8-16(21)22)10-19-17(14)20-15-7-6-12-3-1-2-4-13(12)15/h1-5,8-10,15H,6-7H2,(H,19,20)(H,21,22)/b8-5+. The van der Waals surface area contributed by atoms with Gasteiger partial charge in [0.05, 0.1) is 11.1 Å². The largest absolute Gasteiger partial charge is 0.478 e. The molecule has 1 aromatic heterocycles. The first-order valence-electron chi connectivity index (χ1n) is 7.04. The van der Waals surface area contributed by atoms with E-state index in [4.69, 9.17) is 16.7 Å². The van der Waals surface area contributed by atoms with E-state index in [1.54, 1.807) is 12.3 Å². The fourth-order valence-electron chi connectivity index (χ4n) is 2.69. The minimum Gasteiger partial charge on any atom is -0.478 e. The molecule has 2 N–H and O–H groups in total. The van der Waals surface area contributed by atoms with Crippen LogP contribution >= 0.6 is 11.6 Å². The molecule has 1 aromatic carbocycles. The Hall–Kier alpha value is -2.33. The summed E-state index contributed by atoms with van der Waals surface area (Å²) < 4.78 is 0. The summed E-state index contributed by atoms with van der Waals surface area (Å²) in [6, 6.07) is 10.3. The second-order valence-electron chi connectivity index (χ2n) is 5.21. The van der Waals surface area contributed by atoms with Gasteiger partial charge in [0.15, 0.2) is 0 Å². The number of aromatic nitrogens is 1. The zero-order valence-corrected chi connectivity index (χ0v) is 12.5. The maximum atomic E-state index is 10.5. The molecule has 1 heterocycles. The maximum Gasteiger partial charge on any atom is 0.328 e. The van der Waals surface area contributed by atoms with Gasteiger partial charge in [0.25, 0.3) is 0 Å². The summed E-state index contributed by atoms with van der Waals surface area (Å²) in [5.41, 5.74) is 3.30. The van der Waals surface area contributed by atoms with Crippen LogP contribution in [0.2, 0.25) is 5.02 Å². The molecule has 22 heavy (non-hydrogen) atoms. The van der Waals surface area contributed by atoms with Gasteiger partial charge in [0.2, 0.25) is 0 Å². The lowest BCUT2D eigenvalue weighted by Gasteiger charge is -2.16. The number of nitrogens with one attached hydrogen (secondary N) is 1. The molecule has 0 fully saturated rings. The van der Waals surface area contributed by atoms with Gasteiger partial charge in [-0.15, -0.1) is 0 Å². The first-order valence-corrected chi connectivity index (χ1v) is 7.42. The first kappa shape index (κ1) is 14.6. The first-order chi connectivity index (χ1) is 10.6. The van der Waals surface area contributed by atoms with E-state index in [0.29, 0.717) is 16.4 Å². The molecule has 4 nitrogen and oxygen atoms in total. The number of carboxylic acids is 1. The van der Waals surface area contributed by atoms with Crippen LogP contribution in [0.3, 0.4) is 0 Å². The van der Waals surface area contributed by atoms with E-state index in [1.807, 2.05) is 6.07 Å². The SMILES string of the molecule is O=C(O)/C=C/c1cnc(NC2CCc3ccccc32)c(Cl)c1. The number of carboxylic acid groups (broad SMARTS) is 1. The van der Waals surface area contributed by atoms with E-state index in [2.05, 4.69) is 28.5 Å². The van der Waals surface area contributed by atoms with Crippen molar-refractivity contribution in [3.63, 3.8) is 0 Å². The Morgan fingerprint density at radius 3 is 3.00 bits per heavy atom. The van der Waals surface area contributed by atoms with Crippen molar-refractivity contribution in [2.24, 2.45) is 0 Å². The molecule has 5 heteroatoms. The number of rotatable bonds is 4. The van der Waals surface area contributed by atoms with Gasteiger partial charge < -0.3 is 10.4 Å². The number of aryl methyl sites for hydroxylation is 1. The maximum absolute atomic E-state index is 10.5. The second-order valence-corrected chi connectivity index (χ2v) is 5.61. The number of benzene rings is 1. The van der Waals surface area contributed by atoms with Gasteiger partial charge in [-0.25, -0.2) is 9.78 Å². The van der Waals surface area contributed by atoms with Crippen molar-refractivity contribution in [2.45, 2.75) is 18.9 Å². The highest BCUT2D eigenvalue weighted by atomic mass is 35.5. The Kier molecular flexibility index (Phi) is 4.11. The summed E-state index contributed by atoms with van der Waals surface area (Å²) in [5.74, 6) is -0.378. The molecule has 0 radical (unpaired) electrons. The smallest absolute Gasteiger partial charge is 0.328 e. The van der Waals surface area contributed by atoms with Crippen LogP contribution in [-0.2, 0) is 11.2 Å². The highest BCUT2D eigenvalue weighted by Crippen LogP contribution is 2.34. The average Bonchev–Trinajstić information content (AvgIpc) is 2.91. The van der Waals surface area contributed by atoms with Crippen LogP contribution in [0.25, 0.3) is 6.08 Å². The number of hydrogen-bond acceptors (Lipinski definition) is 3. The molecule has 2 aromatic rings. The van der Waals surface area contributed by atoms with E-state index in [9.17, 15) is 4.79 Å². The van der Waals surface area contributed by atoms with Crippen LogP contribution in [0, 0.1) is 0 Å². The summed E-state index contributed by atoms with van der Waals surface area (Å²) in [6.45, 7) is 0. The molecular weight excluding hydrogens is 300 g/mol. The number of anilines is 1. The zero-order chi connectivity index (χ0) is 15.5. The molecule has 0 bridgehead atoms. The minimum atomic E-state index is -0.999. The number of fused-ring (bicyclic) bond motifs is 1. The van der Waals surface area contributed by atoms with Crippen LogP contribution in [0.1, 0.15) is 29.2 Å². The van der Waals surface area contributed by atoms with Crippen molar-refractivity contribution in [3.8, 4) is 0 Å². The summed E-state index contributed by atoms with van der Waals surface area (Å²) in [7, 11) is 0. The molecule has 1 atom stereocenters. The van der Waals surface area contributed by atoms with Crippen molar-refractivity contribution >= 4 is 29.5 Å². The Balaban J connectivity index is 1.78. The van der Waals surface area contributed by atoms with Gasteiger partial charge in [-0.1, -0.05) is 35.9 Å². The quantitative estimate of drug-likeness (QED) is 0.839. The highest BCUT2D eigenvalue weighted by Gasteiger charge is 2.22. The molecule has 1 aliphatic carbocycles. The van der Waals surface area contributed by atoms with E-state index < -0.39 is 5.97 Å². The summed E-state index contributed by atoms with van der Waals surface area (Å²) >= 11 is 6.24. The molecule has 3 rings (SSSR count). The van der Waals surface area contributed by atoms with Gasteiger partial charge in [-0.05, 0) is 41.7 Å². The second kappa shape index (κ2) is 6.20. The lowest BCUT2D eigenvalue weighted by Crippen LogP contribution is -2.08. The van der Waals surface area contributed by atoms with Gasteiger partial charge in [0, 0.05) is 12.3 Å². The summed E-state index contributed by atoms with van der Waals surface area (Å²) in [4.78, 5) is 14.8. The molecule has 1 unspecified atom stereocenters. The van der Waals surface area contributed by atoms with E-state index in [1.165, 1.54) is 17.2 Å². The third-order valence-electron chi connectivity index (χ3n) is 3.72. The normalized spacial score (nSPS) is 16.7. The predicted molar refractivity (Wildman–Crippen MR) is 87.0 cm³/mol. The number of halogens is 1. The van der Waals surface area contributed by atoms with Crippen LogP contribution in [0.15, 0.2) is 42.6 Å². The Bertz CT molecular complexity index is 743. The molecule has 0 saturated carbocycles. The highest BCUT2D eigenvalue weighted by molar-refractivity contribution is 6.33. The lowest BCUT2D eigenvalue weighted by atomic mass is 10.1. The topological polar surface area (TPSA) is 62.2 Å². The lowest BCUT2D eigenvalue weighted by molar-refractivity contribution is -0.131. The Morgan fingerprint density at radius 2 is 2.23 bits per heavy atom. The molecule has 0 aliphatic heterocycles. The molecule has 0 spiro atoms. The molecule has 1 aliphatic rings. The van der Waals surface area contributed by atoms with Crippen molar-refractivity contribution in [2.75, 3.05) is 5.32 Å². The number of hydrogen-bond donors (Lipinski definition) is 2. The Labute approximate surface area is 133 Å². The van der Waals surface area contributed by atoms with Gasteiger partial charge in [-0.3, -0.25) is 0 Å². The molecule has 0 saturated heterocycles. The van der Waals surface area contributed by atoms with Crippen LogP contribution in [-0.4, -0.2) is 16.1 Å². The van der Waals surface area contributed by atoms with Crippen LogP contribution < -0.4 is 5.32 Å². The zero-order valence-electron chi connectivity index (χ0n) is 11.8. The monoisotopic (exact) mass is 314 g/mol. The van der Waals surface area contributed by atoms with Crippen molar-refractivity contribution in [3.05, 3.63) is 64.3 Å². The predicted octanol–water partition coefficient (Wildman–Crippen LogP) is 3.93. The van der Waals surface area contributed by atoms with Gasteiger partial charge in [0.1, 0.15) is 5.82 Å². The van der Waals surface area contributed by atoms with Crippen LogP contribution in [0.4, 0.5) is 5.82 Å². The molecule has 0 amide bonds. The third-order valence-corrected chi connectivity index (χ3v) is 4.01. The Morgan fingerprint density at radius 1 is 1.41 bits per heavy atom. The number of aliphatic carboxylic acids is 1. The minimum absolute atomic E-state index is 0.210. The van der Waals surface area contributed by atoms with Crippen molar-refractivity contribution in [1.29, 1.82) is 0 Å². The van der Waals surface area contributed by atoms with Crippen molar-refractivity contribution < 1.29 is 9.90 Å². The van der Waals surface area contributed by atoms with Crippen LogP contribution in [0.5, 0.6) is 0 Å². The molecule has 112 valence electrons. The number of nitrogens with zero attached hydrogens (tertiary/aromatic N) is 1. The third kappa shape index (κ3) is 3.12. The van der Waals surface area contributed by atoms with E-state index >= 15 is 0 Å². The summed E-state index contributed by atoms with van der Waals surface area (Å²) in [6.07, 6.45) is 6.20. The van der Waals surface area contributed by atoms with E-state index in [0.717, 1.165) is 18.9 Å². The fraction of sp³-hybridized carbons (Fsp3) is 0.176. The van der Waals surface area contributed by atoms with Crippen molar-refractivity contribution in [1.82, 2.24) is 4.98 Å². The summed E-state index contributed by atoms with van der Waals surface area (Å²) in [5, 5.41) is 12.5. The average molecular weight is 315 g/mol. The fourth-order valence-corrected chi connectivity index (χ4v) is 2.92. The number of pyridine rings is 1. The van der Waals surface area contributed by atoms with Gasteiger partial charge in [-0.2, -0.15) is 0 Å². The van der Waals surface area contributed by atoms with E-state index in [-0.39, 0.29) is 6.04 Å². The van der Waals surface area contributed by atoms with Gasteiger partial charge >= 0.3 is 5.97 Å². The molecular formula is C17H15ClN2O2. The number of carbonyl (C=O) groups is 1.